The highest BCUT2D eigenvalue weighted by Crippen LogP contribution is 2.32. The van der Waals surface area contributed by atoms with Crippen molar-refractivity contribution >= 4 is 39.1 Å². The Labute approximate surface area is 143 Å². The molecular weight excluding hydrogens is 322 g/mol. The Kier molecular flexibility index (Phi) is 3.86. The van der Waals surface area contributed by atoms with Gasteiger partial charge in [-0.25, -0.2) is 15.0 Å². The Morgan fingerprint density at radius 3 is 3.12 bits per heavy atom. The summed E-state index contributed by atoms with van der Waals surface area (Å²) in [5, 5.41) is 5.95. The fourth-order valence-electron chi connectivity index (χ4n) is 3.12. The summed E-state index contributed by atoms with van der Waals surface area (Å²) in [6.07, 6.45) is 3.35. The van der Waals surface area contributed by atoms with Crippen LogP contribution in [0.25, 0.3) is 10.2 Å². The molecule has 0 aliphatic carbocycles. The van der Waals surface area contributed by atoms with Crippen molar-refractivity contribution < 1.29 is 4.79 Å². The van der Waals surface area contributed by atoms with Gasteiger partial charge in [0.1, 0.15) is 28.8 Å². The van der Waals surface area contributed by atoms with E-state index in [0.29, 0.717) is 5.82 Å². The number of carbonyl (C=O) groups is 1. The van der Waals surface area contributed by atoms with Gasteiger partial charge in [-0.2, -0.15) is 0 Å². The van der Waals surface area contributed by atoms with E-state index >= 15 is 0 Å². The number of rotatable bonds is 3. The van der Waals surface area contributed by atoms with Crippen LogP contribution >= 0.6 is 11.3 Å². The summed E-state index contributed by atoms with van der Waals surface area (Å²) in [7, 11) is 0. The summed E-state index contributed by atoms with van der Waals surface area (Å²) in [5.41, 5.74) is 0.881. The van der Waals surface area contributed by atoms with Crippen LogP contribution in [0.4, 0.5) is 11.6 Å². The van der Waals surface area contributed by atoms with Gasteiger partial charge in [0.15, 0.2) is 0 Å². The fraction of sp³-hybridized carbons (Fsp3) is 0.294. The van der Waals surface area contributed by atoms with E-state index in [2.05, 4.69) is 25.2 Å². The minimum Gasteiger partial charge on any atom is -0.344 e. The molecule has 24 heavy (non-hydrogen) atoms. The average molecular weight is 339 g/mol. The molecule has 4 heterocycles. The van der Waals surface area contributed by atoms with Gasteiger partial charge in [-0.1, -0.05) is 6.07 Å². The SMILES string of the molecule is Cc1cccc(NC(=O)[C@H]2CCCN2c2ncnc3sccc23)n1. The zero-order chi connectivity index (χ0) is 16.5. The van der Waals surface area contributed by atoms with Crippen LogP contribution in [-0.4, -0.2) is 33.4 Å². The maximum absolute atomic E-state index is 12.8. The zero-order valence-corrected chi connectivity index (χ0v) is 14.1. The van der Waals surface area contributed by atoms with Crippen molar-refractivity contribution in [2.24, 2.45) is 0 Å². The highest BCUT2D eigenvalue weighted by atomic mass is 32.1. The predicted octanol–water partition coefficient (Wildman–Crippen LogP) is 3.00. The normalized spacial score (nSPS) is 17.4. The maximum Gasteiger partial charge on any atom is 0.248 e. The first kappa shape index (κ1) is 15.0. The smallest absolute Gasteiger partial charge is 0.248 e. The molecule has 1 fully saturated rings. The highest BCUT2D eigenvalue weighted by molar-refractivity contribution is 7.16. The first-order chi connectivity index (χ1) is 11.7. The number of thiophene rings is 1. The van der Waals surface area contributed by atoms with Crippen LogP contribution < -0.4 is 10.2 Å². The average Bonchev–Trinajstić information content (AvgIpc) is 3.23. The Bertz CT molecular complexity index is 893. The van der Waals surface area contributed by atoms with Crippen LogP contribution in [0, 0.1) is 6.92 Å². The molecule has 0 unspecified atom stereocenters. The molecule has 3 aromatic heterocycles. The van der Waals surface area contributed by atoms with Crippen molar-refractivity contribution in [2.45, 2.75) is 25.8 Å². The molecule has 1 amide bonds. The zero-order valence-electron chi connectivity index (χ0n) is 13.3. The van der Waals surface area contributed by atoms with E-state index < -0.39 is 0 Å². The molecule has 3 aromatic rings. The third kappa shape index (κ3) is 2.71. The van der Waals surface area contributed by atoms with Crippen LogP contribution in [0.3, 0.4) is 0 Å². The summed E-state index contributed by atoms with van der Waals surface area (Å²) in [5.74, 6) is 1.40. The molecule has 0 spiro atoms. The van der Waals surface area contributed by atoms with E-state index in [1.54, 1.807) is 17.7 Å². The topological polar surface area (TPSA) is 71.0 Å². The lowest BCUT2D eigenvalue weighted by molar-refractivity contribution is -0.117. The van der Waals surface area contributed by atoms with Gasteiger partial charge in [0, 0.05) is 12.2 Å². The molecule has 122 valence electrons. The number of hydrogen-bond acceptors (Lipinski definition) is 6. The van der Waals surface area contributed by atoms with E-state index in [1.807, 2.05) is 36.6 Å². The van der Waals surface area contributed by atoms with E-state index in [0.717, 1.165) is 41.1 Å². The van der Waals surface area contributed by atoms with Crippen LogP contribution in [0.2, 0.25) is 0 Å². The molecule has 6 nitrogen and oxygen atoms in total. The summed E-state index contributed by atoms with van der Waals surface area (Å²) in [6, 6.07) is 7.40. The second kappa shape index (κ2) is 6.16. The summed E-state index contributed by atoms with van der Waals surface area (Å²) < 4.78 is 0. The Balaban J connectivity index is 1.60. The van der Waals surface area contributed by atoms with Gasteiger partial charge < -0.3 is 10.2 Å². The second-order valence-electron chi connectivity index (χ2n) is 5.84. The minimum atomic E-state index is -0.231. The number of fused-ring (bicyclic) bond motifs is 1. The number of aromatic nitrogens is 3. The largest absolute Gasteiger partial charge is 0.344 e. The number of nitrogens with one attached hydrogen (secondary N) is 1. The Hall–Kier alpha value is -2.54. The van der Waals surface area contributed by atoms with E-state index in [4.69, 9.17) is 0 Å². The van der Waals surface area contributed by atoms with Crippen LogP contribution in [0.1, 0.15) is 18.5 Å². The van der Waals surface area contributed by atoms with Crippen molar-refractivity contribution in [2.75, 3.05) is 16.8 Å². The molecule has 0 saturated carbocycles. The molecule has 1 N–H and O–H groups in total. The lowest BCUT2D eigenvalue weighted by Gasteiger charge is -2.25. The molecule has 7 heteroatoms. The van der Waals surface area contributed by atoms with Crippen LogP contribution in [0.15, 0.2) is 36.0 Å². The first-order valence-corrected chi connectivity index (χ1v) is 8.80. The van der Waals surface area contributed by atoms with Crippen molar-refractivity contribution in [3.63, 3.8) is 0 Å². The van der Waals surface area contributed by atoms with Crippen molar-refractivity contribution in [3.05, 3.63) is 41.7 Å². The third-order valence-electron chi connectivity index (χ3n) is 4.21. The first-order valence-electron chi connectivity index (χ1n) is 7.92. The van der Waals surface area contributed by atoms with Crippen molar-refractivity contribution in [1.29, 1.82) is 0 Å². The summed E-state index contributed by atoms with van der Waals surface area (Å²) >= 11 is 1.59. The number of aryl methyl sites for hydroxylation is 1. The standard InChI is InChI=1S/C17H17N5OS/c1-11-4-2-6-14(20-11)21-16(23)13-5-3-8-22(13)15-12-7-9-24-17(12)19-10-18-15/h2,4,6-7,9-10,13H,3,5,8H2,1H3,(H,20,21,23)/t13-/m1/s1. The van der Waals surface area contributed by atoms with E-state index in [1.165, 1.54) is 0 Å². The number of nitrogens with zero attached hydrogens (tertiary/aromatic N) is 4. The Morgan fingerprint density at radius 2 is 2.25 bits per heavy atom. The van der Waals surface area contributed by atoms with Gasteiger partial charge in [-0.05, 0) is 43.3 Å². The molecule has 1 saturated heterocycles. The molecule has 0 aromatic carbocycles. The number of anilines is 2. The fourth-order valence-corrected chi connectivity index (χ4v) is 3.85. The third-order valence-corrected chi connectivity index (χ3v) is 5.03. The van der Waals surface area contributed by atoms with E-state index in [9.17, 15) is 4.79 Å². The van der Waals surface area contributed by atoms with Crippen molar-refractivity contribution in [1.82, 2.24) is 15.0 Å². The predicted molar refractivity (Wildman–Crippen MR) is 95.4 cm³/mol. The Morgan fingerprint density at radius 1 is 1.33 bits per heavy atom. The number of amides is 1. The summed E-state index contributed by atoms with van der Waals surface area (Å²) in [4.78, 5) is 28.9. The molecule has 1 aliphatic rings. The monoisotopic (exact) mass is 339 g/mol. The number of hydrogen-bond donors (Lipinski definition) is 1. The van der Waals surface area contributed by atoms with E-state index in [-0.39, 0.29) is 11.9 Å². The van der Waals surface area contributed by atoms with Gasteiger partial charge >= 0.3 is 0 Å². The summed E-state index contributed by atoms with van der Waals surface area (Å²) in [6.45, 7) is 2.73. The van der Waals surface area contributed by atoms with Gasteiger partial charge in [0.25, 0.3) is 0 Å². The molecule has 1 aliphatic heterocycles. The number of carbonyl (C=O) groups excluding carboxylic acids is 1. The van der Waals surface area contributed by atoms with Crippen molar-refractivity contribution in [3.8, 4) is 0 Å². The second-order valence-corrected chi connectivity index (χ2v) is 6.74. The quantitative estimate of drug-likeness (QED) is 0.794. The molecule has 0 bridgehead atoms. The molecule has 4 rings (SSSR count). The van der Waals surface area contributed by atoms with Gasteiger partial charge in [0.2, 0.25) is 5.91 Å². The van der Waals surface area contributed by atoms with Gasteiger partial charge in [0.05, 0.1) is 5.39 Å². The lowest BCUT2D eigenvalue weighted by Crippen LogP contribution is -2.40. The highest BCUT2D eigenvalue weighted by Gasteiger charge is 2.33. The van der Waals surface area contributed by atoms with Crippen LogP contribution in [-0.2, 0) is 4.79 Å². The molecule has 1 atom stereocenters. The molecular formula is C17H17N5OS. The van der Waals surface area contributed by atoms with Gasteiger partial charge in [-0.15, -0.1) is 11.3 Å². The van der Waals surface area contributed by atoms with Gasteiger partial charge in [-0.3, -0.25) is 4.79 Å². The molecule has 0 radical (unpaired) electrons. The number of pyridine rings is 1. The minimum absolute atomic E-state index is 0.0346. The lowest BCUT2D eigenvalue weighted by atomic mass is 10.2. The van der Waals surface area contributed by atoms with Crippen LogP contribution in [0.5, 0.6) is 0 Å². The maximum atomic E-state index is 12.8.